The van der Waals surface area contributed by atoms with Crippen molar-refractivity contribution in [1.29, 1.82) is 0 Å². The van der Waals surface area contributed by atoms with Crippen molar-refractivity contribution in [2.45, 2.75) is 12.8 Å². The molecule has 1 aromatic carbocycles. The Morgan fingerprint density at radius 3 is 2.64 bits per heavy atom. The molecule has 14 heavy (non-hydrogen) atoms. The van der Waals surface area contributed by atoms with Crippen LogP contribution in [0.5, 0.6) is 11.5 Å². The summed E-state index contributed by atoms with van der Waals surface area (Å²) >= 11 is 2.89. The second kappa shape index (κ2) is 4.41. The fourth-order valence-corrected chi connectivity index (χ4v) is 1.52. The van der Waals surface area contributed by atoms with Crippen LogP contribution in [-0.2, 0) is 11.2 Å². The molecule has 0 heterocycles. The average molecular weight is 263 g/mol. The predicted molar refractivity (Wildman–Crippen MR) is 51.8 cm³/mol. The summed E-state index contributed by atoms with van der Waals surface area (Å²) in [6.07, 6.45) is 1.17. The third-order valence-electron chi connectivity index (χ3n) is 1.78. The van der Waals surface area contributed by atoms with Gasteiger partial charge in [-0.3, -0.25) is 0 Å². The largest absolute Gasteiger partial charge is 0.504 e. The first kappa shape index (κ1) is 11.0. The number of carbonyl (C=O) groups is 1. The first-order chi connectivity index (χ1) is 6.57. The predicted octanol–water partition coefficient (Wildman–Crippen LogP) is 2.13. The number of rotatable bonds is 3. The van der Waals surface area contributed by atoms with Gasteiger partial charge in [0.15, 0.2) is 17.3 Å². The van der Waals surface area contributed by atoms with E-state index in [1.165, 1.54) is 6.07 Å². The molecular formula is C9H8BrFO3. The van der Waals surface area contributed by atoms with Gasteiger partial charge < -0.3 is 15.0 Å². The van der Waals surface area contributed by atoms with Gasteiger partial charge in [-0.1, -0.05) is 0 Å². The number of aromatic hydroxyl groups is 2. The Labute approximate surface area is 88.3 Å². The van der Waals surface area contributed by atoms with Crippen molar-refractivity contribution < 1.29 is 19.4 Å². The van der Waals surface area contributed by atoms with Gasteiger partial charge in [0, 0.05) is 6.42 Å². The van der Waals surface area contributed by atoms with E-state index >= 15 is 0 Å². The van der Waals surface area contributed by atoms with Gasteiger partial charge >= 0.3 is 0 Å². The fourth-order valence-electron chi connectivity index (χ4n) is 1.06. The SMILES string of the molecule is O=CCCc1cc(Br)c(F)c(O)c1O. The Bertz CT molecular complexity index is 366. The fraction of sp³-hybridized carbons (Fsp3) is 0.222. The number of hydrogen-bond acceptors (Lipinski definition) is 3. The summed E-state index contributed by atoms with van der Waals surface area (Å²) in [6, 6.07) is 1.34. The van der Waals surface area contributed by atoms with Gasteiger partial charge in [0.25, 0.3) is 0 Å². The number of benzene rings is 1. The minimum Gasteiger partial charge on any atom is -0.504 e. The van der Waals surface area contributed by atoms with Gasteiger partial charge in [-0.2, -0.15) is 0 Å². The minimum absolute atomic E-state index is 0.0636. The molecule has 1 rings (SSSR count). The van der Waals surface area contributed by atoms with Crippen molar-refractivity contribution in [2.24, 2.45) is 0 Å². The van der Waals surface area contributed by atoms with E-state index in [2.05, 4.69) is 15.9 Å². The Morgan fingerprint density at radius 1 is 1.43 bits per heavy atom. The third kappa shape index (κ3) is 2.04. The maximum Gasteiger partial charge on any atom is 0.195 e. The molecule has 0 saturated heterocycles. The third-order valence-corrected chi connectivity index (χ3v) is 2.36. The summed E-state index contributed by atoms with van der Waals surface area (Å²) in [4.78, 5) is 10.1. The highest BCUT2D eigenvalue weighted by Gasteiger charge is 2.15. The second-order valence-corrected chi connectivity index (χ2v) is 3.59. The van der Waals surface area contributed by atoms with E-state index in [-0.39, 0.29) is 17.3 Å². The van der Waals surface area contributed by atoms with Crippen molar-refractivity contribution in [3.63, 3.8) is 0 Å². The highest BCUT2D eigenvalue weighted by Crippen LogP contribution is 2.36. The van der Waals surface area contributed by atoms with E-state index in [4.69, 9.17) is 5.11 Å². The summed E-state index contributed by atoms with van der Waals surface area (Å²) in [5.41, 5.74) is 0.336. The van der Waals surface area contributed by atoms with Crippen molar-refractivity contribution in [3.8, 4) is 11.5 Å². The van der Waals surface area contributed by atoms with Gasteiger partial charge in [0.2, 0.25) is 0 Å². The van der Waals surface area contributed by atoms with E-state index in [1.54, 1.807) is 0 Å². The van der Waals surface area contributed by atoms with Crippen LogP contribution < -0.4 is 0 Å². The number of phenols is 2. The van der Waals surface area contributed by atoms with Gasteiger partial charge in [0.05, 0.1) is 4.47 Å². The van der Waals surface area contributed by atoms with E-state index in [0.717, 1.165) is 0 Å². The molecule has 0 bridgehead atoms. The lowest BCUT2D eigenvalue weighted by Gasteiger charge is -2.06. The monoisotopic (exact) mass is 262 g/mol. The molecule has 3 nitrogen and oxygen atoms in total. The summed E-state index contributed by atoms with van der Waals surface area (Å²) in [5, 5.41) is 18.4. The minimum atomic E-state index is -0.905. The van der Waals surface area contributed by atoms with Crippen LogP contribution in [0.4, 0.5) is 4.39 Å². The number of aryl methyl sites for hydroxylation is 1. The first-order valence-electron chi connectivity index (χ1n) is 3.90. The molecule has 0 aliphatic heterocycles. The average Bonchev–Trinajstić information content (AvgIpc) is 2.18. The number of aldehydes is 1. The van der Waals surface area contributed by atoms with Crippen LogP contribution in [0.2, 0.25) is 0 Å². The maximum atomic E-state index is 13.0. The summed E-state index contributed by atoms with van der Waals surface area (Å²) in [5.74, 6) is -2.20. The van der Waals surface area contributed by atoms with E-state index in [1.807, 2.05) is 0 Å². The molecule has 76 valence electrons. The highest BCUT2D eigenvalue weighted by atomic mass is 79.9. The summed E-state index contributed by atoms with van der Waals surface area (Å²) in [6.45, 7) is 0. The van der Waals surface area contributed by atoms with E-state index in [9.17, 15) is 14.3 Å². The first-order valence-corrected chi connectivity index (χ1v) is 4.69. The zero-order chi connectivity index (χ0) is 10.7. The Balaban J connectivity index is 3.12. The molecule has 0 spiro atoms. The zero-order valence-electron chi connectivity index (χ0n) is 7.13. The highest BCUT2D eigenvalue weighted by molar-refractivity contribution is 9.10. The van der Waals surface area contributed by atoms with Gasteiger partial charge in [-0.05, 0) is 34.0 Å². The second-order valence-electron chi connectivity index (χ2n) is 2.73. The molecule has 0 atom stereocenters. The molecule has 0 fully saturated rings. The lowest BCUT2D eigenvalue weighted by atomic mass is 10.1. The Hall–Kier alpha value is -1.10. The van der Waals surface area contributed by atoms with Crippen molar-refractivity contribution in [1.82, 2.24) is 0 Å². The molecule has 0 aliphatic carbocycles. The Kier molecular flexibility index (Phi) is 3.46. The number of hydrogen-bond donors (Lipinski definition) is 2. The van der Waals surface area contributed by atoms with Crippen molar-refractivity contribution >= 4 is 22.2 Å². The van der Waals surface area contributed by atoms with Crippen LogP contribution in [0.1, 0.15) is 12.0 Å². The van der Waals surface area contributed by atoms with E-state index < -0.39 is 17.3 Å². The molecule has 0 aromatic heterocycles. The quantitative estimate of drug-likeness (QED) is 0.648. The molecule has 0 aliphatic rings. The number of phenolic OH excluding ortho intramolecular Hbond substituents is 2. The van der Waals surface area contributed by atoms with Crippen LogP contribution in [0, 0.1) is 5.82 Å². The molecule has 0 amide bonds. The summed E-state index contributed by atoms with van der Waals surface area (Å²) < 4.78 is 13.0. The lowest BCUT2D eigenvalue weighted by Crippen LogP contribution is -1.91. The van der Waals surface area contributed by atoms with Crippen LogP contribution in [0.25, 0.3) is 0 Å². The van der Waals surface area contributed by atoms with Crippen LogP contribution in [0.15, 0.2) is 10.5 Å². The van der Waals surface area contributed by atoms with Crippen LogP contribution in [0.3, 0.4) is 0 Å². The van der Waals surface area contributed by atoms with Crippen molar-refractivity contribution in [3.05, 3.63) is 21.9 Å². The molecule has 0 unspecified atom stereocenters. The molecule has 1 aromatic rings. The normalized spacial score (nSPS) is 10.1. The van der Waals surface area contributed by atoms with Crippen molar-refractivity contribution in [2.75, 3.05) is 0 Å². The Morgan fingerprint density at radius 2 is 2.07 bits per heavy atom. The zero-order valence-corrected chi connectivity index (χ0v) is 8.71. The number of halogens is 2. The van der Waals surface area contributed by atoms with Gasteiger partial charge in [0.1, 0.15) is 6.29 Å². The van der Waals surface area contributed by atoms with Gasteiger partial charge in [-0.15, -0.1) is 0 Å². The molecule has 2 N–H and O–H groups in total. The molecule has 0 saturated carbocycles. The topological polar surface area (TPSA) is 57.5 Å². The molecule has 5 heteroatoms. The lowest BCUT2D eigenvalue weighted by molar-refractivity contribution is -0.107. The standard InChI is InChI=1S/C9H8BrFO3/c10-6-4-5(2-1-3-12)8(13)9(14)7(6)11/h3-4,13-14H,1-2H2. The van der Waals surface area contributed by atoms with Crippen LogP contribution in [-0.4, -0.2) is 16.5 Å². The summed E-state index contributed by atoms with van der Waals surface area (Å²) in [7, 11) is 0. The molecule has 0 radical (unpaired) electrons. The van der Waals surface area contributed by atoms with E-state index in [0.29, 0.717) is 11.8 Å². The van der Waals surface area contributed by atoms with Gasteiger partial charge in [-0.25, -0.2) is 4.39 Å². The van der Waals surface area contributed by atoms with Crippen LogP contribution >= 0.6 is 15.9 Å². The number of carbonyl (C=O) groups excluding carboxylic acids is 1. The maximum absolute atomic E-state index is 13.0. The molecular weight excluding hydrogens is 255 g/mol. The smallest absolute Gasteiger partial charge is 0.195 e.